The van der Waals surface area contributed by atoms with E-state index in [-0.39, 0.29) is 5.91 Å². The summed E-state index contributed by atoms with van der Waals surface area (Å²) in [5, 5.41) is 0. The zero-order valence-electron chi connectivity index (χ0n) is 11.2. The molecule has 0 bridgehead atoms. The van der Waals surface area contributed by atoms with E-state index in [1.807, 2.05) is 25.1 Å². The molecule has 0 N–H and O–H groups in total. The zero-order valence-corrected chi connectivity index (χ0v) is 12.0. The Morgan fingerprint density at radius 1 is 1.44 bits per heavy atom. The molecule has 18 heavy (non-hydrogen) atoms. The Balaban J connectivity index is 2.93. The molecule has 1 rings (SSSR count). The summed E-state index contributed by atoms with van der Waals surface area (Å²) < 4.78 is 5.02. The molecule has 0 aromatic heterocycles. The fourth-order valence-corrected chi connectivity index (χ4v) is 2.01. The standard InChI is InChI=1S/C14H20ClNO2/c1-11-5-6-13(10-15)9-14(11)16(12(2)17)7-4-8-18-3/h5-6,9H,4,7-8,10H2,1-3H3. The second kappa shape index (κ2) is 7.39. The number of rotatable bonds is 6. The number of nitrogens with zero attached hydrogens (tertiary/aromatic N) is 1. The second-order valence-corrected chi connectivity index (χ2v) is 4.54. The molecule has 3 nitrogen and oxygen atoms in total. The predicted octanol–water partition coefficient (Wildman–Crippen LogP) is 3.12. The van der Waals surface area contributed by atoms with Gasteiger partial charge in [-0.15, -0.1) is 11.6 Å². The van der Waals surface area contributed by atoms with Crippen molar-refractivity contribution in [2.24, 2.45) is 0 Å². The highest BCUT2D eigenvalue weighted by Gasteiger charge is 2.13. The van der Waals surface area contributed by atoms with E-state index in [2.05, 4.69) is 0 Å². The minimum absolute atomic E-state index is 0.0425. The number of benzene rings is 1. The Morgan fingerprint density at radius 3 is 2.72 bits per heavy atom. The number of alkyl halides is 1. The first kappa shape index (κ1) is 15.0. The van der Waals surface area contributed by atoms with Gasteiger partial charge < -0.3 is 9.64 Å². The second-order valence-electron chi connectivity index (χ2n) is 4.27. The van der Waals surface area contributed by atoms with Crippen LogP contribution in [0.15, 0.2) is 18.2 Å². The minimum Gasteiger partial charge on any atom is -0.385 e. The lowest BCUT2D eigenvalue weighted by Gasteiger charge is -2.23. The van der Waals surface area contributed by atoms with Gasteiger partial charge in [0.15, 0.2) is 0 Å². The van der Waals surface area contributed by atoms with Crippen LogP contribution in [0.4, 0.5) is 5.69 Å². The molecule has 0 aliphatic rings. The topological polar surface area (TPSA) is 29.5 Å². The van der Waals surface area contributed by atoms with Crippen LogP contribution in [-0.2, 0) is 15.4 Å². The van der Waals surface area contributed by atoms with Crippen LogP contribution in [0.25, 0.3) is 0 Å². The Labute approximate surface area is 114 Å². The van der Waals surface area contributed by atoms with Crippen LogP contribution in [0, 0.1) is 6.92 Å². The summed E-state index contributed by atoms with van der Waals surface area (Å²) >= 11 is 5.84. The van der Waals surface area contributed by atoms with Crippen LogP contribution in [0.2, 0.25) is 0 Å². The van der Waals surface area contributed by atoms with Gasteiger partial charge in [0, 0.05) is 38.8 Å². The largest absolute Gasteiger partial charge is 0.385 e. The molecule has 0 saturated carbocycles. The van der Waals surface area contributed by atoms with Gasteiger partial charge in [0.1, 0.15) is 0 Å². The molecular weight excluding hydrogens is 250 g/mol. The molecule has 0 unspecified atom stereocenters. The Kier molecular flexibility index (Phi) is 6.16. The van der Waals surface area contributed by atoms with E-state index in [1.54, 1.807) is 18.9 Å². The number of hydrogen-bond donors (Lipinski definition) is 0. The van der Waals surface area contributed by atoms with Crippen molar-refractivity contribution in [2.45, 2.75) is 26.1 Å². The average Bonchev–Trinajstić information content (AvgIpc) is 2.35. The molecule has 4 heteroatoms. The van der Waals surface area contributed by atoms with Crippen LogP contribution in [-0.4, -0.2) is 26.2 Å². The van der Waals surface area contributed by atoms with Crippen LogP contribution in [0.3, 0.4) is 0 Å². The number of amides is 1. The number of halogens is 1. The number of ether oxygens (including phenoxy) is 1. The molecule has 1 aromatic carbocycles. The van der Waals surface area contributed by atoms with E-state index in [0.29, 0.717) is 19.0 Å². The summed E-state index contributed by atoms with van der Waals surface area (Å²) in [5.41, 5.74) is 3.04. The van der Waals surface area contributed by atoms with Crippen LogP contribution in [0.5, 0.6) is 0 Å². The molecule has 0 radical (unpaired) electrons. The normalized spacial score (nSPS) is 10.4. The van der Waals surface area contributed by atoms with E-state index in [4.69, 9.17) is 16.3 Å². The SMILES string of the molecule is COCCCN(C(C)=O)c1cc(CCl)ccc1C. The molecule has 0 heterocycles. The molecular formula is C14H20ClNO2. The van der Waals surface area contributed by atoms with Gasteiger partial charge in [-0.25, -0.2) is 0 Å². The third kappa shape index (κ3) is 4.00. The average molecular weight is 270 g/mol. The van der Waals surface area contributed by atoms with E-state index in [9.17, 15) is 4.79 Å². The third-order valence-electron chi connectivity index (χ3n) is 2.83. The highest BCUT2D eigenvalue weighted by Crippen LogP contribution is 2.23. The Morgan fingerprint density at radius 2 is 2.17 bits per heavy atom. The number of methoxy groups -OCH3 is 1. The number of carbonyl (C=O) groups is 1. The van der Waals surface area contributed by atoms with Gasteiger partial charge in [-0.05, 0) is 30.5 Å². The first-order valence-corrected chi connectivity index (χ1v) is 6.56. The molecule has 100 valence electrons. The summed E-state index contributed by atoms with van der Waals surface area (Å²) in [6, 6.07) is 5.97. The van der Waals surface area contributed by atoms with Gasteiger partial charge in [0.2, 0.25) is 5.91 Å². The number of hydrogen-bond acceptors (Lipinski definition) is 2. The first-order chi connectivity index (χ1) is 8.60. The highest BCUT2D eigenvalue weighted by atomic mass is 35.5. The molecule has 0 fully saturated rings. The smallest absolute Gasteiger partial charge is 0.223 e. The lowest BCUT2D eigenvalue weighted by atomic mass is 10.1. The van der Waals surface area contributed by atoms with Crippen molar-refractivity contribution in [3.8, 4) is 0 Å². The summed E-state index contributed by atoms with van der Waals surface area (Å²) in [4.78, 5) is 13.5. The zero-order chi connectivity index (χ0) is 13.5. The van der Waals surface area contributed by atoms with Crippen molar-refractivity contribution >= 4 is 23.2 Å². The van der Waals surface area contributed by atoms with Gasteiger partial charge in [-0.2, -0.15) is 0 Å². The van der Waals surface area contributed by atoms with Crippen LogP contribution >= 0.6 is 11.6 Å². The maximum atomic E-state index is 11.7. The lowest BCUT2D eigenvalue weighted by Crippen LogP contribution is -2.30. The molecule has 0 aliphatic heterocycles. The van der Waals surface area contributed by atoms with Crippen molar-refractivity contribution in [3.05, 3.63) is 29.3 Å². The molecule has 0 atom stereocenters. The number of aryl methyl sites for hydroxylation is 1. The third-order valence-corrected chi connectivity index (χ3v) is 3.14. The maximum absolute atomic E-state index is 11.7. The molecule has 0 spiro atoms. The predicted molar refractivity (Wildman–Crippen MR) is 75.3 cm³/mol. The minimum atomic E-state index is 0.0425. The van der Waals surface area contributed by atoms with Crippen molar-refractivity contribution < 1.29 is 9.53 Å². The lowest BCUT2D eigenvalue weighted by molar-refractivity contribution is -0.116. The van der Waals surface area contributed by atoms with Gasteiger partial charge in [-0.3, -0.25) is 4.79 Å². The van der Waals surface area contributed by atoms with Gasteiger partial charge in [-0.1, -0.05) is 12.1 Å². The van der Waals surface area contributed by atoms with Crippen molar-refractivity contribution in [3.63, 3.8) is 0 Å². The molecule has 1 aromatic rings. The monoisotopic (exact) mass is 269 g/mol. The van der Waals surface area contributed by atoms with E-state index in [1.165, 1.54) is 0 Å². The van der Waals surface area contributed by atoms with Gasteiger partial charge >= 0.3 is 0 Å². The Bertz CT molecular complexity index is 407. The molecule has 0 saturated heterocycles. The molecule has 1 amide bonds. The van der Waals surface area contributed by atoms with Gasteiger partial charge in [0.25, 0.3) is 0 Å². The quantitative estimate of drug-likeness (QED) is 0.587. The van der Waals surface area contributed by atoms with E-state index >= 15 is 0 Å². The van der Waals surface area contributed by atoms with E-state index < -0.39 is 0 Å². The van der Waals surface area contributed by atoms with Crippen LogP contribution in [0.1, 0.15) is 24.5 Å². The van der Waals surface area contributed by atoms with E-state index in [0.717, 1.165) is 23.2 Å². The van der Waals surface area contributed by atoms with Crippen molar-refractivity contribution in [1.29, 1.82) is 0 Å². The maximum Gasteiger partial charge on any atom is 0.223 e. The molecule has 0 aliphatic carbocycles. The summed E-state index contributed by atoms with van der Waals surface area (Å²) in [6.45, 7) is 4.90. The number of carbonyl (C=O) groups excluding carboxylic acids is 1. The summed E-state index contributed by atoms with van der Waals surface area (Å²) in [7, 11) is 1.66. The summed E-state index contributed by atoms with van der Waals surface area (Å²) in [6.07, 6.45) is 0.820. The van der Waals surface area contributed by atoms with Gasteiger partial charge in [0.05, 0.1) is 0 Å². The number of anilines is 1. The summed E-state index contributed by atoms with van der Waals surface area (Å²) in [5.74, 6) is 0.498. The van der Waals surface area contributed by atoms with Crippen molar-refractivity contribution in [1.82, 2.24) is 0 Å². The highest BCUT2D eigenvalue weighted by molar-refractivity contribution is 6.17. The Hall–Kier alpha value is -1.06. The van der Waals surface area contributed by atoms with Crippen LogP contribution < -0.4 is 4.90 Å². The fourth-order valence-electron chi connectivity index (χ4n) is 1.84. The fraction of sp³-hybridized carbons (Fsp3) is 0.500. The van der Waals surface area contributed by atoms with Crippen molar-refractivity contribution in [2.75, 3.05) is 25.2 Å². The first-order valence-electron chi connectivity index (χ1n) is 6.02.